The second kappa shape index (κ2) is 6.24. The van der Waals surface area contributed by atoms with Gasteiger partial charge < -0.3 is 29.6 Å². The predicted molar refractivity (Wildman–Crippen MR) is 103 cm³/mol. The van der Waals surface area contributed by atoms with E-state index in [-0.39, 0.29) is 33.6 Å². The maximum atomic E-state index is 11.9. The van der Waals surface area contributed by atoms with Gasteiger partial charge >= 0.3 is 0 Å². The van der Waals surface area contributed by atoms with E-state index in [2.05, 4.69) is 0 Å². The second-order valence-corrected chi connectivity index (χ2v) is 6.55. The van der Waals surface area contributed by atoms with Crippen LogP contribution in [0, 0.1) is 0 Å². The topological polar surface area (TPSA) is 120 Å². The highest BCUT2D eigenvalue weighted by molar-refractivity contribution is 6.32. The largest absolute Gasteiger partial charge is 0.504 e. The van der Waals surface area contributed by atoms with E-state index in [9.17, 15) is 25.2 Å². The number of halogens is 1. The van der Waals surface area contributed by atoms with Crippen molar-refractivity contribution in [3.8, 4) is 51.2 Å². The molecule has 0 unspecified atom stereocenters. The Bertz CT molecular complexity index is 1280. The Labute approximate surface area is 162 Å². The molecule has 0 atom stereocenters. The Morgan fingerprint density at radius 3 is 2.36 bits per heavy atom. The van der Waals surface area contributed by atoms with Crippen molar-refractivity contribution < 1.29 is 29.6 Å². The number of phenols is 4. The molecule has 8 heteroatoms. The molecule has 2 aromatic rings. The maximum absolute atomic E-state index is 11.9. The van der Waals surface area contributed by atoms with Gasteiger partial charge in [0.1, 0.15) is 11.3 Å². The molecule has 0 aromatic heterocycles. The van der Waals surface area contributed by atoms with E-state index in [0.29, 0.717) is 22.1 Å². The minimum absolute atomic E-state index is 0.0177. The number of fused-ring (bicyclic) bond motifs is 2. The number of ether oxygens (including phenoxy) is 1. The first-order valence-corrected chi connectivity index (χ1v) is 8.40. The molecule has 1 aliphatic heterocycles. The summed E-state index contributed by atoms with van der Waals surface area (Å²) in [5.41, 5.74) is 0.825. The molecule has 7 nitrogen and oxygen atoms in total. The van der Waals surface area contributed by atoms with Gasteiger partial charge in [0.15, 0.2) is 28.7 Å². The first-order chi connectivity index (χ1) is 13.3. The highest BCUT2D eigenvalue weighted by atomic mass is 35.5. The molecule has 0 bridgehead atoms. The fourth-order valence-electron chi connectivity index (χ4n) is 3.12. The van der Waals surface area contributed by atoms with Crippen molar-refractivity contribution >= 4 is 22.6 Å². The summed E-state index contributed by atoms with van der Waals surface area (Å²) in [7, 11) is 1.37. The second-order valence-electron chi connectivity index (χ2n) is 6.14. The summed E-state index contributed by atoms with van der Waals surface area (Å²) >= 11 is 6.12. The van der Waals surface area contributed by atoms with Crippen molar-refractivity contribution in [2.24, 2.45) is 0 Å². The third-order valence-electron chi connectivity index (χ3n) is 4.43. The van der Waals surface area contributed by atoms with E-state index in [1.54, 1.807) is 0 Å². The van der Waals surface area contributed by atoms with Crippen LogP contribution in [-0.2, 0) is 0 Å². The van der Waals surface area contributed by atoms with Crippen molar-refractivity contribution in [2.45, 2.75) is 0 Å². The first-order valence-electron chi connectivity index (χ1n) is 8.02. The molecule has 1 heterocycles. The smallest absolute Gasteiger partial charge is 0.223 e. The molecule has 0 radical (unpaired) electrons. The zero-order chi connectivity index (χ0) is 20.2. The quantitative estimate of drug-likeness (QED) is 0.296. The molecule has 0 saturated heterocycles. The van der Waals surface area contributed by atoms with Crippen molar-refractivity contribution in [1.82, 2.24) is 0 Å². The predicted octanol–water partition coefficient (Wildman–Crippen LogP) is 4.05. The highest BCUT2D eigenvalue weighted by Crippen LogP contribution is 2.46. The first kappa shape index (κ1) is 17.8. The number of benzene rings is 3. The van der Waals surface area contributed by atoms with Gasteiger partial charge in [-0.1, -0.05) is 11.6 Å². The highest BCUT2D eigenvalue weighted by Gasteiger charge is 2.22. The molecule has 28 heavy (non-hydrogen) atoms. The Kier molecular flexibility index (Phi) is 3.97. The Morgan fingerprint density at radius 2 is 1.64 bits per heavy atom. The third-order valence-corrected chi connectivity index (χ3v) is 4.72. The van der Waals surface area contributed by atoms with E-state index in [1.807, 2.05) is 0 Å². The zero-order valence-corrected chi connectivity index (χ0v) is 15.1. The van der Waals surface area contributed by atoms with Gasteiger partial charge in [-0.3, -0.25) is 4.79 Å². The van der Waals surface area contributed by atoms with Gasteiger partial charge in [-0.15, -0.1) is 0 Å². The molecule has 4 rings (SSSR count). The van der Waals surface area contributed by atoms with Crippen molar-refractivity contribution in [1.29, 1.82) is 0 Å². The van der Waals surface area contributed by atoms with E-state index in [1.165, 1.54) is 37.4 Å². The molecule has 4 N–H and O–H groups in total. The average molecular weight is 401 g/mol. The SMILES string of the molecule is COc1cc(-c2c3cc(O)c(=O)cc-3oc3cc(O)c(O)cc23)cc(Cl)c1O. The molecule has 1 aliphatic carbocycles. The Hall–Kier alpha value is -3.58. The molecular weight excluding hydrogens is 388 g/mol. The van der Waals surface area contributed by atoms with Gasteiger partial charge in [0, 0.05) is 28.6 Å². The normalized spacial score (nSPS) is 11.2. The van der Waals surface area contributed by atoms with Gasteiger partial charge in [-0.2, -0.15) is 0 Å². The summed E-state index contributed by atoms with van der Waals surface area (Å²) in [5, 5.41) is 40.2. The molecule has 0 fully saturated rings. The minimum atomic E-state index is -0.633. The molecule has 0 spiro atoms. The Balaban J connectivity index is 2.22. The lowest BCUT2D eigenvalue weighted by atomic mass is 9.93. The zero-order valence-electron chi connectivity index (χ0n) is 14.4. The van der Waals surface area contributed by atoms with Crippen LogP contribution in [0.3, 0.4) is 0 Å². The van der Waals surface area contributed by atoms with Crippen LogP contribution in [0.25, 0.3) is 33.4 Å². The van der Waals surface area contributed by atoms with Crippen LogP contribution in [0.5, 0.6) is 28.7 Å². The van der Waals surface area contributed by atoms with Gasteiger partial charge in [-0.05, 0) is 29.8 Å². The summed E-state index contributed by atoms with van der Waals surface area (Å²) in [6.07, 6.45) is 0. The summed E-state index contributed by atoms with van der Waals surface area (Å²) in [6.45, 7) is 0. The monoisotopic (exact) mass is 400 g/mol. The minimum Gasteiger partial charge on any atom is -0.504 e. The maximum Gasteiger partial charge on any atom is 0.223 e. The third kappa shape index (κ3) is 2.64. The lowest BCUT2D eigenvalue weighted by Gasteiger charge is -2.17. The van der Waals surface area contributed by atoms with Crippen LogP contribution in [0.15, 0.2) is 45.6 Å². The van der Waals surface area contributed by atoms with Crippen molar-refractivity contribution in [3.63, 3.8) is 0 Å². The molecule has 2 aromatic carbocycles. The fourth-order valence-corrected chi connectivity index (χ4v) is 3.33. The lowest BCUT2D eigenvalue weighted by Crippen LogP contribution is -2.01. The molecule has 0 amide bonds. The number of aromatic hydroxyl groups is 4. The van der Waals surface area contributed by atoms with E-state index >= 15 is 0 Å². The average Bonchev–Trinajstić information content (AvgIpc) is 2.65. The molecule has 0 saturated carbocycles. The Morgan fingerprint density at radius 1 is 0.929 bits per heavy atom. The van der Waals surface area contributed by atoms with Crippen molar-refractivity contribution in [2.75, 3.05) is 7.11 Å². The summed E-state index contributed by atoms with van der Waals surface area (Å²) < 4.78 is 10.8. The van der Waals surface area contributed by atoms with Crippen LogP contribution in [0.4, 0.5) is 0 Å². The van der Waals surface area contributed by atoms with E-state index < -0.39 is 16.9 Å². The van der Waals surface area contributed by atoms with Crippen LogP contribution >= 0.6 is 11.6 Å². The lowest BCUT2D eigenvalue weighted by molar-refractivity contribution is 0.374. The van der Waals surface area contributed by atoms with Gasteiger partial charge in [0.25, 0.3) is 0 Å². The van der Waals surface area contributed by atoms with Crippen LogP contribution < -0.4 is 10.2 Å². The number of phenolic OH excluding ortho intramolecular Hbond substituents is 4. The van der Waals surface area contributed by atoms with Gasteiger partial charge in [0.05, 0.1) is 12.1 Å². The van der Waals surface area contributed by atoms with Gasteiger partial charge in [0.2, 0.25) is 5.43 Å². The van der Waals surface area contributed by atoms with Crippen LogP contribution in [0.2, 0.25) is 5.02 Å². The summed E-state index contributed by atoms with van der Waals surface area (Å²) in [6, 6.07) is 7.85. The fraction of sp³-hybridized carbons (Fsp3) is 0.0500. The van der Waals surface area contributed by atoms with Crippen LogP contribution in [-0.4, -0.2) is 27.5 Å². The molecule has 2 aliphatic rings. The molecule has 142 valence electrons. The number of methoxy groups -OCH3 is 1. The number of rotatable bonds is 2. The van der Waals surface area contributed by atoms with E-state index in [4.69, 9.17) is 20.8 Å². The molecular formula is C20H13ClO7. The van der Waals surface area contributed by atoms with Gasteiger partial charge in [-0.25, -0.2) is 0 Å². The summed E-state index contributed by atoms with van der Waals surface area (Å²) in [4.78, 5) is 11.9. The number of hydrogen-bond acceptors (Lipinski definition) is 7. The number of hydrogen-bond donors (Lipinski definition) is 4. The van der Waals surface area contributed by atoms with Crippen LogP contribution in [0.1, 0.15) is 0 Å². The van der Waals surface area contributed by atoms with Crippen molar-refractivity contribution in [3.05, 3.63) is 51.6 Å². The standard InChI is InChI=1S/C20H13ClO7/c1-27-18-3-8(2-11(21)20(18)26)19-9-4-12(22)14(24)6-16(9)28-17-7-15(25)13(23)5-10(17)19/h2-7,22-24,26H,1H3. The summed E-state index contributed by atoms with van der Waals surface area (Å²) in [5.74, 6) is -1.25. The van der Waals surface area contributed by atoms with E-state index in [0.717, 1.165) is 6.07 Å².